The molecule has 0 aliphatic carbocycles. The Bertz CT molecular complexity index is 224. The van der Waals surface area contributed by atoms with Crippen molar-refractivity contribution in [3.05, 3.63) is 29.8 Å². The summed E-state index contributed by atoms with van der Waals surface area (Å²) in [7, 11) is 0. The van der Waals surface area contributed by atoms with Crippen LogP contribution in [0.4, 0.5) is 0 Å². The highest BCUT2D eigenvalue weighted by Crippen LogP contribution is 2.11. The monoisotopic (exact) mass is 211 g/mol. The summed E-state index contributed by atoms with van der Waals surface area (Å²) < 4.78 is 5.31. The maximum atomic E-state index is 5.31. The minimum atomic E-state index is 0.563. The summed E-state index contributed by atoms with van der Waals surface area (Å²) in [6.07, 6.45) is 0. The molecule has 2 heteroatoms. The lowest BCUT2D eigenvalue weighted by Crippen LogP contribution is -2.10. The van der Waals surface area contributed by atoms with Crippen LogP contribution in [-0.2, 0) is 0 Å². The normalized spacial score (nSPS) is 7.87. The molecule has 0 aliphatic rings. The maximum absolute atomic E-state index is 5.31. The van der Waals surface area contributed by atoms with Crippen molar-refractivity contribution in [2.45, 2.75) is 34.6 Å². The smallest absolute Gasteiger partial charge is 0.119 e. The first kappa shape index (κ1) is 16.4. The number of hydrogen-bond acceptors (Lipinski definition) is 2. The van der Waals surface area contributed by atoms with Crippen molar-refractivity contribution in [3.63, 3.8) is 0 Å². The highest BCUT2D eigenvalue weighted by molar-refractivity contribution is 5.27. The molecule has 2 nitrogen and oxygen atoms in total. The van der Waals surface area contributed by atoms with Crippen molar-refractivity contribution in [1.29, 1.82) is 0 Å². The van der Waals surface area contributed by atoms with Gasteiger partial charge in [-0.05, 0) is 24.6 Å². The van der Waals surface area contributed by atoms with Gasteiger partial charge in [-0.15, -0.1) is 0 Å². The fourth-order valence-electron chi connectivity index (χ4n) is 0.882. The van der Waals surface area contributed by atoms with E-state index in [4.69, 9.17) is 10.5 Å². The second-order valence-electron chi connectivity index (χ2n) is 2.45. The lowest BCUT2D eigenvalue weighted by atomic mass is 10.2. The van der Waals surface area contributed by atoms with E-state index in [1.165, 1.54) is 5.56 Å². The number of aryl methyl sites for hydroxylation is 1. The van der Waals surface area contributed by atoms with E-state index in [2.05, 4.69) is 0 Å². The van der Waals surface area contributed by atoms with Gasteiger partial charge < -0.3 is 10.5 Å². The minimum absolute atomic E-state index is 0.563. The van der Waals surface area contributed by atoms with Gasteiger partial charge >= 0.3 is 0 Å². The standard InChI is InChI=1S/C9H13NO.2C2H6/c1-8-3-2-4-9(7-8)11-6-5-10;2*1-2/h2-4,7H,5-6,10H2,1H3;2*1-2H3. The topological polar surface area (TPSA) is 35.2 Å². The van der Waals surface area contributed by atoms with Gasteiger partial charge in [-0.25, -0.2) is 0 Å². The summed E-state index contributed by atoms with van der Waals surface area (Å²) in [4.78, 5) is 0. The molecule has 1 aromatic rings. The Labute approximate surface area is 94.5 Å². The first-order chi connectivity index (χ1) is 7.33. The van der Waals surface area contributed by atoms with Crippen molar-refractivity contribution in [1.82, 2.24) is 0 Å². The molecule has 1 rings (SSSR count). The Balaban J connectivity index is 0. The molecule has 0 fully saturated rings. The van der Waals surface area contributed by atoms with E-state index in [9.17, 15) is 0 Å². The molecule has 0 saturated carbocycles. The largest absolute Gasteiger partial charge is 0.492 e. The highest BCUT2D eigenvalue weighted by Gasteiger charge is 1.90. The molecule has 2 N–H and O–H groups in total. The Morgan fingerprint density at radius 2 is 1.73 bits per heavy atom. The third-order valence-corrected chi connectivity index (χ3v) is 1.38. The fourth-order valence-corrected chi connectivity index (χ4v) is 0.882. The van der Waals surface area contributed by atoms with Gasteiger partial charge in [0.2, 0.25) is 0 Å². The van der Waals surface area contributed by atoms with E-state index >= 15 is 0 Å². The van der Waals surface area contributed by atoms with E-state index in [0.29, 0.717) is 13.2 Å². The summed E-state index contributed by atoms with van der Waals surface area (Å²) in [6, 6.07) is 7.94. The number of nitrogens with two attached hydrogens (primary N) is 1. The van der Waals surface area contributed by atoms with E-state index in [1.54, 1.807) is 0 Å². The van der Waals surface area contributed by atoms with Crippen LogP contribution in [0.2, 0.25) is 0 Å². The molecule has 0 heterocycles. The zero-order valence-corrected chi connectivity index (χ0v) is 10.7. The van der Waals surface area contributed by atoms with Crippen LogP contribution < -0.4 is 10.5 Å². The molecular formula is C13H25NO. The summed E-state index contributed by atoms with van der Waals surface area (Å²) >= 11 is 0. The molecule has 0 saturated heterocycles. The second-order valence-corrected chi connectivity index (χ2v) is 2.45. The van der Waals surface area contributed by atoms with Crippen LogP contribution in [0.5, 0.6) is 5.75 Å². The number of rotatable bonds is 3. The van der Waals surface area contributed by atoms with Crippen LogP contribution >= 0.6 is 0 Å². The Morgan fingerprint density at radius 1 is 1.13 bits per heavy atom. The van der Waals surface area contributed by atoms with Crippen molar-refractivity contribution >= 4 is 0 Å². The quantitative estimate of drug-likeness (QED) is 0.831. The van der Waals surface area contributed by atoms with Crippen LogP contribution in [0.15, 0.2) is 24.3 Å². The lowest BCUT2D eigenvalue weighted by Gasteiger charge is -2.03. The molecule has 1 aromatic carbocycles. The number of benzene rings is 1. The number of hydrogen-bond donors (Lipinski definition) is 1. The predicted octanol–water partition coefficient (Wildman–Crippen LogP) is 3.38. The Hall–Kier alpha value is -1.02. The molecule has 0 aromatic heterocycles. The minimum Gasteiger partial charge on any atom is -0.492 e. The van der Waals surface area contributed by atoms with Crippen LogP contribution in [0.3, 0.4) is 0 Å². The Kier molecular flexibility index (Phi) is 14.2. The fraction of sp³-hybridized carbons (Fsp3) is 0.538. The van der Waals surface area contributed by atoms with E-state index in [0.717, 1.165) is 5.75 Å². The lowest BCUT2D eigenvalue weighted by molar-refractivity contribution is 0.328. The zero-order valence-electron chi connectivity index (χ0n) is 10.7. The van der Waals surface area contributed by atoms with Crippen molar-refractivity contribution in [2.24, 2.45) is 5.73 Å². The molecule has 0 atom stereocenters. The highest BCUT2D eigenvalue weighted by atomic mass is 16.5. The van der Waals surface area contributed by atoms with Crippen LogP contribution in [0, 0.1) is 6.92 Å². The van der Waals surface area contributed by atoms with Crippen molar-refractivity contribution < 1.29 is 4.74 Å². The maximum Gasteiger partial charge on any atom is 0.119 e. The summed E-state index contributed by atoms with van der Waals surface area (Å²) in [5.41, 5.74) is 6.50. The molecule has 0 aliphatic heterocycles. The van der Waals surface area contributed by atoms with Crippen LogP contribution in [0.25, 0.3) is 0 Å². The van der Waals surface area contributed by atoms with Gasteiger partial charge in [-0.3, -0.25) is 0 Å². The summed E-state index contributed by atoms with van der Waals surface area (Å²) in [6.45, 7) is 11.2. The molecule has 0 amide bonds. The molecule has 88 valence electrons. The first-order valence-electron chi connectivity index (χ1n) is 5.72. The zero-order chi connectivity index (χ0) is 12.1. The molecule has 0 radical (unpaired) electrons. The Morgan fingerprint density at radius 3 is 2.20 bits per heavy atom. The summed E-state index contributed by atoms with van der Waals surface area (Å²) in [5, 5.41) is 0. The van der Waals surface area contributed by atoms with Gasteiger partial charge in [0.15, 0.2) is 0 Å². The van der Waals surface area contributed by atoms with Gasteiger partial charge in [0, 0.05) is 6.54 Å². The second kappa shape index (κ2) is 13.0. The van der Waals surface area contributed by atoms with Crippen molar-refractivity contribution in [2.75, 3.05) is 13.2 Å². The van der Waals surface area contributed by atoms with Crippen molar-refractivity contribution in [3.8, 4) is 5.75 Å². The van der Waals surface area contributed by atoms with E-state index < -0.39 is 0 Å². The van der Waals surface area contributed by atoms with E-state index in [-0.39, 0.29) is 0 Å². The van der Waals surface area contributed by atoms with Gasteiger partial charge in [-0.1, -0.05) is 39.8 Å². The first-order valence-corrected chi connectivity index (χ1v) is 5.72. The van der Waals surface area contributed by atoms with Gasteiger partial charge in [-0.2, -0.15) is 0 Å². The molecule has 15 heavy (non-hydrogen) atoms. The van der Waals surface area contributed by atoms with Gasteiger partial charge in [0.05, 0.1) is 0 Å². The number of ether oxygens (including phenoxy) is 1. The van der Waals surface area contributed by atoms with E-state index in [1.807, 2.05) is 58.9 Å². The van der Waals surface area contributed by atoms with Gasteiger partial charge in [0.1, 0.15) is 12.4 Å². The third kappa shape index (κ3) is 9.29. The summed E-state index contributed by atoms with van der Waals surface area (Å²) in [5.74, 6) is 0.899. The molecule has 0 spiro atoms. The molecule has 0 bridgehead atoms. The van der Waals surface area contributed by atoms with Crippen LogP contribution in [-0.4, -0.2) is 13.2 Å². The van der Waals surface area contributed by atoms with Gasteiger partial charge in [0.25, 0.3) is 0 Å². The third-order valence-electron chi connectivity index (χ3n) is 1.38. The van der Waals surface area contributed by atoms with Crippen LogP contribution in [0.1, 0.15) is 33.3 Å². The SMILES string of the molecule is CC.CC.Cc1cccc(OCCN)c1. The molecular weight excluding hydrogens is 186 g/mol. The average molecular weight is 211 g/mol. The molecule has 0 unspecified atom stereocenters. The predicted molar refractivity (Wildman–Crippen MR) is 68.4 cm³/mol. The average Bonchev–Trinajstić information content (AvgIpc) is 2.32.